The highest BCUT2D eigenvalue weighted by molar-refractivity contribution is 7.98. The Bertz CT molecular complexity index is 864. The third-order valence-corrected chi connectivity index (χ3v) is 6.88. The molecule has 0 atom stereocenters. The lowest BCUT2D eigenvalue weighted by Gasteiger charge is -2.34. The van der Waals surface area contributed by atoms with E-state index in [1.165, 1.54) is 12.8 Å². The van der Waals surface area contributed by atoms with Gasteiger partial charge < -0.3 is 14.7 Å². The Hall–Kier alpha value is -1.83. The van der Waals surface area contributed by atoms with E-state index in [0.717, 1.165) is 68.5 Å². The van der Waals surface area contributed by atoms with E-state index >= 15 is 0 Å². The van der Waals surface area contributed by atoms with Gasteiger partial charge in [0.05, 0.1) is 0 Å². The van der Waals surface area contributed by atoms with Crippen molar-refractivity contribution in [2.75, 3.05) is 50.7 Å². The van der Waals surface area contributed by atoms with Gasteiger partial charge in [0, 0.05) is 56.7 Å². The van der Waals surface area contributed by atoms with Crippen LogP contribution in [0, 0.1) is 0 Å². The second-order valence-electron chi connectivity index (χ2n) is 7.74. The van der Waals surface area contributed by atoms with Crippen molar-refractivity contribution < 1.29 is 4.79 Å². The summed E-state index contributed by atoms with van der Waals surface area (Å²) in [5.41, 5.74) is 1.89. The van der Waals surface area contributed by atoms with Crippen LogP contribution < -0.4 is 4.90 Å². The molecule has 0 saturated carbocycles. The van der Waals surface area contributed by atoms with Crippen molar-refractivity contribution >= 4 is 35.1 Å². The predicted octanol–water partition coefficient (Wildman–Crippen LogP) is 3.80. The first-order valence-corrected chi connectivity index (χ1v) is 12.0. The van der Waals surface area contributed by atoms with Crippen molar-refractivity contribution in [3.8, 4) is 0 Å². The minimum absolute atomic E-state index is 0.124. The topological polar surface area (TPSA) is 52.6 Å². The zero-order valence-electron chi connectivity index (χ0n) is 17.4. The zero-order chi connectivity index (χ0) is 20.9. The number of benzene rings is 1. The van der Waals surface area contributed by atoms with Crippen LogP contribution >= 0.6 is 23.4 Å². The Balaban J connectivity index is 1.34. The first-order chi connectivity index (χ1) is 14.6. The summed E-state index contributed by atoms with van der Waals surface area (Å²) in [5.74, 6) is 1.78. The maximum atomic E-state index is 12.7. The molecule has 6 nitrogen and oxygen atoms in total. The van der Waals surface area contributed by atoms with Crippen molar-refractivity contribution in [3.05, 3.63) is 46.6 Å². The van der Waals surface area contributed by atoms with Gasteiger partial charge in [0.2, 0.25) is 0 Å². The van der Waals surface area contributed by atoms with Gasteiger partial charge in [-0.2, -0.15) is 0 Å². The van der Waals surface area contributed by atoms with Crippen LogP contribution in [0.2, 0.25) is 5.15 Å². The third kappa shape index (κ3) is 5.25. The summed E-state index contributed by atoms with van der Waals surface area (Å²) in [6.45, 7) is 8.78. The fourth-order valence-electron chi connectivity index (χ4n) is 3.90. The van der Waals surface area contributed by atoms with E-state index in [0.29, 0.717) is 10.3 Å². The predicted molar refractivity (Wildman–Crippen MR) is 123 cm³/mol. The molecule has 3 heterocycles. The lowest BCUT2D eigenvalue weighted by Crippen LogP contribution is -2.48. The first-order valence-electron chi connectivity index (χ1n) is 10.7. The van der Waals surface area contributed by atoms with Crippen LogP contribution in [0.4, 0.5) is 5.82 Å². The monoisotopic (exact) mass is 445 g/mol. The van der Waals surface area contributed by atoms with E-state index in [2.05, 4.69) is 26.7 Å². The molecule has 0 radical (unpaired) electrons. The summed E-state index contributed by atoms with van der Waals surface area (Å²) < 4.78 is 0. The van der Waals surface area contributed by atoms with Gasteiger partial charge in [-0.25, -0.2) is 9.97 Å². The molecular formula is C22H28ClN5OS. The standard InChI is InChI=1S/C22H28ClN5OS/c1-2-26-11-13-28(14-12-26)21(29)18-7-5-17(6-8-18)16-30-22-24-19(23)15-20(25-22)27-9-3-4-10-27/h5-8,15H,2-4,9-14,16H2,1H3. The first kappa shape index (κ1) is 21.4. The summed E-state index contributed by atoms with van der Waals surface area (Å²) in [5, 5.41) is 1.18. The van der Waals surface area contributed by atoms with E-state index < -0.39 is 0 Å². The van der Waals surface area contributed by atoms with Crippen molar-refractivity contribution in [2.24, 2.45) is 0 Å². The van der Waals surface area contributed by atoms with Gasteiger partial charge in [-0.1, -0.05) is 42.4 Å². The summed E-state index contributed by atoms with van der Waals surface area (Å²) in [7, 11) is 0. The Morgan fingerprint density at radius 1 is 1.03 bits per heavy atom. The smallest absolute Gasteiger partial charge is 0.253 e. The minimum Gasteiger partial charge on any atom is -0.356 e. The van der Waals surface area contributed by atoms with Gasteiger partial charge in [0.15, 0.2) is 5.16 Å². The maximum absolute atomic E-state index is 12.7. The molecule has 0 unspecified atom stereocenters. The van der Waals surface area contributed by atoms with Crippen molar-refractivity contribution in [1.29, 1.82) is 0 Å². The number of anilines is 1. The van der Waals surface area contributed by atoms with Crippen LogP contribution in [0.5, 0.6) is 0 Å². The largest absolute Gasteiger partial charge is 0.356 e. The molecule has 0 bridgehead atoms. The highest BCUT2D eigenvalue weighted by Crippen LogP contribution is 2.26. The quantitative estimate of drug-likeness (QED) is 0.383. The van der Waals surface area contributed by atoms with Crippen LogP contribution in [0.1, 0.15) is 35.7 Å². The highest BCUT2D eigenvalue weighted by atomic mass is 35.5. The number of hydrogen-bond donors (Lipinski definition) is 0. The number of rotatable bonds is 6. The third-order valence-electron chi connectivity index (χ3n) is 5.77. The summed E-state index contributed by atoms with van der Waals surface area (Å²) in [6.07, 6.45) is 2.40. The molecule has 1 amide bonds. The number of thioether (sulfide) groups is 1. The number of halogens is 1. The number of carbonyl (C=O) groups is 1. The molecule has 1 aromatic carbocycles. The van der Waals surface area contributed by atoms with Crippen LogP contribution in [0.25, 0.3) is 0 Å². The molecule has 1 aromatic heterocycles. The van der Waals surface area contributed by atoms with Gasteiger partial charge in [-0.05, 0) is 37.1 Å². The van der Waals surface area contributed by atoms with Gasteiger partial charge in [0.25, 0.3) is 5.91 Å². The maximum Gasteiger partial charge on any atom is 0.253 e. The number of hydrogen-bond acceptors (Lipinski definition) is 6. The molecule has 0 spiro atoms. The van der Waals surface area contributed by atoms with Crippen molar-refractivity contribution in [1.82, 2.24) is 19.8 Å². The normalized spacial score (nSPS) is 17.5. The van der Waals surface area contributed by atoms with Gasteiger partial charge in [-0.3, -0.25) is 4.79 Å². The number of likely N-dealkylation sites (N-methyl/N-ethyl adjacent to an activating group) is 1. The molecule has 4 rings (SSSR count). The van der Waals surface area contributed by atoms with E-state index in [1.54, 1.807) is 11.8 Å². The minimum atomic E-state index is 0.124. The van der Waals surface area contributed by atoms with E-state index in [9.17, 15) is 4.79 Å². The molecule has 160 valence electrons. The van der Waals surface area contributed by atoms with Crippen LogP contribution in [0.15, 0.2) is 35.5 Å². The molecule has 2 saturated heterocycles. The van der Waals surface area contributed by atoms with E-state index in [4.69, 9.17) is 11.6 Å². The molecule has 0 aliphatic carbocycles. The van der Waals surface area contributed by atoms with E-state index in [-0.39, 0.29) is 5.91 Å². The summed E-state index contributed by atoms with van der Waals surface area (Å²) >= 11 is 7.79. The van der Waals surface area contributed by atoms with E-state index in [1.807, 2.05) is 35.2 Å². The molecule has 2 aliphatic rings. The van der Waals surface area contributed by atoms with Gasteiger partial charge in [0.1, 0.15) is 11.0 Å². The second kappa shape index (κ2) is 9.98. The molecule has 30 heavy (non-hydrogen) atoms. The average Bonchev–Trinajstić information content (AvgIpc) is 3.32. The number of nitrogens with zero attached hydrogens (tertiary/aromatic N) is 5. The molecule has 2 aromatic rings. The SMILES string of the molecule is CCN1CCN(C(=O)c2ccc(CSc3nc(Cl)cc(N4CCCC4)n3)cc2)CC1. The average molecular weight is 446 g/mol. The van der Waals surface area contributed by atoms with Gasteiger partial charge >= 0.3 is 0 Å². The van der Waals surface area contributed by atoms with Gasteiger partial charge in [-0.15, -0.1) is 0 Å². The molecule has 2 fully saturated rings. The molecule has 8 heteroatoms. The lowest BCUT2D eigenvalue weighted by molar-refractivity contribution is 0.0643. The molecule has 0 N–H and O–H groups in total. The fourth-order valence-corrected chi connectivity index (χ4v) is 4.94. The summed E-state index contributed by atoms with van der Waals surface area (Å²) in [6, 6.07) is 9.75. The Kier molecular flexibility index (Phi) is 7.12. The highest BCUT2D eigenvalue weighted by Gasteiger charge is 2.21. The van der Waals surface area contributed by atoms with Crippen LogP contribution in [0.3, 0.4) is 0 Å². The molecule has 2 aliphatic heterocycles. The zero-order valence-corrected chi connectivity index (χ0v) is 19.0. The van der Waals surface area contributed by atoms with Crippen LogP contribution in [-0.4, -0.2) is 71.5 Å². The number of aromatic nitrogens is 2. The summed E-state index contributed by atoms with van der Waals surface area (Å²) in [4.78, 5) is 28.4. The lowest BCUT2D eigenvalue weighted by atomic mass is 10.1. The second-order valence-corrected chi connectivity index (χ2v) is 9.07. The molecular weight excluding hydrogens is 418 g/mol. The van der Waals surface area contributed by atoms with Crippen molar-refractivity contribution in [2.45, 2.75) is 30.7 Å². The Morgan fingerprint density at radius 3 is 2.40 bits per heavy atom. The number of piperazine rings is 1. The number of carbonyl (C=O) groups excluding carboxylic acids is 1. The Morgan fingerprint density at radius 2 is 1.73 bits per heavy atom. The Labute approximate surface area is 187 Å². The number of amides is 1. The fraction of sp³-hybridized carbons (Fsp3) is 0.500. The van der Waals surface area contributed by atoms with Crippen molar-refractivity contribution in [3.63, 3.8) is 0 Å². The van der Waals surface area contributed by atoms with Crippen LogP contribution in [-0.2, 0) is 5.75 Å².